The minimum absolute atomic E-state index is 0.306. The number of thiazole rings is 1. The van der Waals surface area contributed by atoms with Crippen LogP contribution in [0.3, 0.4) is 0 Å². The zero-order valence-electron chi connectivity index (χ0n) is 18.2. The van der Waals surface area contributed by atoms with Crippen molar-refractivity contribution in [1.82, 2.24) is 14.9 Å². The van der Waals surface area contributed by atoms with Crippen molar-refractivity contribution in [3.63, 3.8) is 0 Å². The largest absolute Gasteiger partial charge is 0.465 e. The van der Waals surface area contributed by atoms with Gasteiger partial charge in [0.05, 0.1) is 28.9 Å². The average Bonchev–Trinajstić information content (AvgIpc) is 3.35. The number of carbonyl (C=O) groups excluding carboxylic acids is 2. The number of pyridine rings is 1. The molecule has 3 heterocycles. The summed E-state index contributed by atoms with van der Waals surface area (Å²) in [5.41, 5.74) is 6.81. The molecule has 9 nitrogen and oxygen atoms in total. The summed E-state index contributed by atoms with van der Waals surface area (Å²) in [4.78, 5) is 35.4. The lowest BCUT2D eigenvalue weighted by Crippen LogP contribution is -2.49. The first-order chi connectivity index (χ1) is 14.6. The van der Waals surface area contributed by atoms with E-state index in [0.29, 0.717) is 30.4 Å². The molecule has 4 N–H and O–H groups in total. The highest BCUT2D eigenvalue weighted by Gasteiger charge is 2.35. The zero-order chi connectivity index (χ0) is 22.8. The maximum absolute atomic E-state index is 12.4. The SMILES string of the molecule is CCOC(=O)C(C)(C)c1cc(-c2sc(NC(O)N3CCC[C@H]3C(N)=O)nc2C)ccn1. The van der Waals surface area contributed by atoms with Crippen LogP contribution in [0.5, 0.6) is 0 Å². The number of nitrogens with zero attached hydrogens (tertiary/aromatic N) is 3. The van der Waals surface area contributed by atoms with Gasteiger partial charge in [-0.3, -0.25) is 14.6 Å². The number of anilines is 1. The summed E-state index contributed by atoms with van der Waals surface area (Å²) in [6.45, 7) is 8.10. The van der Waals surface area contributed by atoms with Gasteiger partial charge in [0, 0.05) is 12.7 Å². The summed E-state index contributed by atoms with van der Waals surface area (Å²) in [5.74, 6) is -0.774. The molecule has 1 unspecified atom stereocenters. The number of likely N-dealkylation sites (tertiary alicyclic amines) is 1. The van der Waals surface area contributed by atoms with Crippen LogP contribution in [0.25, 0.3) is 10.4 Å². The number of ether oxygens (including phenoxy) is 1. The van der Waals surface area contributed by atoms with Crippen LogP contribution in [0.1, 0.15) is 45.0 Å². The monoisotopic (exact) mass is 447 g/mol. The van der Waals surface area contributed by atoms with E-state index in [9.17, 15) is 14.7 Å². The van der Waals surface area contributed by atoms with Gasteiger partial charge in [-0.15, -0.1) is 0 Å². The maximum Gasteiger partial charge on any atom is 0.317 e. The molecule has 1 saturated heterocycles. The Hall–Kier alpha value is -2.56. The predicted molar refractivity (Wildman–Crippen MR) is 118 cm³/mol. The van der Waals surface area contributed by atoms with Crippen LogP contribution in [-0.2, 0) is 19.7 Å². The molecule has 168 valence electrons. The van der Waals surface area contributed by atoms with Gasteiger partial charge in [-0.2, -0.15) is 0 Å². The van der Waals surface area contributed by atoms with Crippen LogP contribution in [0.2, 0.25) is 0 Å². The van der Waals surface area contributed by atoms with E-state index in [1.807, 2.05) is 19.1 Å². The zero-order valence-corrected chi connectivity index (χ0v) is 19.0. The van der Waals surface area contributed by atoms with Crippen molar-refractivity contribution in [1.29, 1.82) is 0 Å². The summed E-state index contributed by atoms with van der Waals surface area (Å²) in [6.07, 6.45) is 2.03. The van der Waals surface area contributed by atoms with E-state index in [4.69, 9.17) is 10.5 Å². The summed E-state index contributed by atoms with van der Waals surface area (Å²) >= 11 is 1.38. The molecule has 1 amide bonds. The number of hydrogen-bond donors (Lipinski definition) is 3. The van der Waals surface area contributed by atoms with Gasteiger partial charge in [-0.05, 0) is 58.2 Å². The summed E-state index contributed by atoms with van der Waals surface area (Å²) in [7, 11) is 0. The second-order valence-electron chi connectivity index (χ2n) is 8.03. The summed E-state index contributed by atoms with van der Waals surface area (Å²) in [5, 5.41) is 14.1. The van der Waals surface area contributed by atoms with Crippen LogP contribution < -0.4 is 11.1 Å². The molecule has 1 aliphatic rings. The number of esters is 1. The lowest BCUT2D eigenvalue weighted by molar-refractivity contribution is -0.149. The number of amides is 1. The van der Waals surface area contributed by atoms with Crippen molar-refractivity contribution < 1.29 is 19.4 Å². The third kappa shape index (κ3) is 4.86. The Labute approximate surface area is 185 Å². The Morgan fingerprint density at radius 3 is 2.90 bits per heavy atom. The van der Waals surface area contributed by atoms with E-state index < -0.39 is 23.7 Å². The van der Waals surface area contributed by atoms with Crippen LogP contribution in [0.15, 0.2) is 18.3 Å². The van der Waals surface area contributed by atoms with E-state index >= 15 is 0 Å². The van der Waals surface area contributed by atoms with Gasteiger partial charge in [-0.1, -0.05) is 11.3 Å². The van der Waals surface area contributed by atoms with Crippen molar-refractivity contribution in [2.45, 2.75) is 58.3 Å². The molecule has 2 aromatic rings. The first-order valence-electron chi connectivity index (χ1n) is 10.3. The summed E-state index contributed by atoms with van der Waals surface area (Å²) in [6, 6.07) is 3.23. The van der Waals surface area contributed by atoms with Crippen molar-refractivity contribution in [2.24, 2.45) is 5.73 Å². The van der Waals surface area contributed by atoms with Gasteiger partial charge < -0.3 is 20.9 Å². The van der Waals surface area contributed by atoms with Crippen LogP contribution in [0, 0.1) is 6.92 Å². The molecule has 0 saturated carbocycles. The van der Waals surface area contributed by atoms with Crippen LogP contribution >= 0.6 is 11.3 Å². The number of aliphatic hydroxyl groups excluding tert-OH is 1. The Bertz CT molecular complexity index is 961. The fraction of sp³-hybridized carbons (Fsp3) is 0.524. The van der Waals surface area contributed by atoms with Gasteiger partial charge in [0.25, 0.3) is 0 Å². The van der Waals surface area contributed by atoms with Crippen LogP contribution in [0.4, 0.5) is 5.13 Å². The van der Waals surface area contributed by atoms with E-state index in [1.165, 1.54) is 11.3 Å². The molecule has 1 fully saturated rings. The molecule has 0 radical (unpaired) electrons. The Morgan fingerprint density at radius 2 is 2.23 bits per heavy atom. The minimum Gasteiger partial charge on any atom is -0.465 e. The quantitative estimate of drug-likeness (QED) is 0.414. The molecular weight excluding hydrogens is 418 g/mol. The highest BCUT2D eigenvalue weighted by molar-refractivity contribution is 7.19. The topological polar surface area (TPSA) is 131 Å². The fourth-order valence-corrected chi connectivity index (χ4v) is 4.61. The molecule has 2 atom stereocenters. The Balaban J connectivity index is 1.81. The third-order valence-corrected chi connectivity index (χ3v) is 6.57. The summed E-state index contributed by atoms with van der Waals surface area (Å²) < 4.78 is 5.19. The van der Waals surface area contributed by atoms with Crippen molar-refractivity contribution in [3.8, 4) is 10.4 Å². The number of rotatable bonds is 8. The number of nitrogens with one attached hydrogen (secondary N) is 1. The number of primary amides is 1. The number of aromatic nitrogens is 2. The van der Waals surface area contributed by atoms with Crippen molar-refractivity contribution in [2.75, 3.05) is 18.5 Å². The van der Waals surface area contributed by atoms with E-state index in [2.05, 4.69) is 15.3 Å². The first kappa shape index (κ1) is 23.1. The molecule has 3 rings (SSSR count). The van der Waals surface area contributed by atoms with Crippen molar-refractivity contribution >= 4 is 28.3 Å². The van der Waals surface area contributed by atoms with E-state index in [-0.39, 0.29) is 5.97 Å². The number of carbonyl (C=O) groups is 2. The van der Waals surface area contributed by atoms with Gasteiger partial charge >= 0.3 is 5.97 Å². The van der Waals surface area contributed by atoms with Gasteiger partial charge in [0.2, 0.25) is 5.91 Å². The molecular formula is C21H29N5O4S. The molecule has 0 aliphatic carbocycles. The highest BCUT2D eigenvalue weighted by atomic mass is 32.1. The number of aryl methyl sites for hydroxylation is 1. The van der Waals surface area contributed by atoms with Crippen molar-refractivity contribution in [3.05, 3.63) is 29.7 Å². The second kappa shape index (κ2) is 9.29. The molecule has 2 aromatic heterocycles. The standard InChI is InChI=1S/C21H29N5O4S/c1-5-30-18(28)21(3,4)15-11-13(8-9-23-15)16-12(2)24-19(31-16)25-20(29)26-10-6-7-14(26)17(22)27/h8-9,11,14,20,29H,5-7,10H2,1-4H3,(H2,22,27)(H,24,25)/t14-,20?/m0/s1. The molecule has 31 heavy (non-hydrogen) atoms. The fourth-order valence-electron chi connectivity index (χ4n) is 3.64. The highest BCUT2D eigenvalue weighted by Crippen LogP contribution is 2.35. The maximum atomic E-state index is 12.4. The molecule has 0 aromatic carbocycles. The van der Waals surface area contributed by atoms with E-state index in [1.54, 1.807) is 31.9 Å². The normalized spacial score (nSPS) is 18.0. The molecule has 1 aliphatic heterocycles. The lowest BCUT2D eigenvalue weighted by Gasteiger charge is -2.27. The number of hydrogen-bond acceptors (Lipinski definition) is 9. The van der Waals surface area contributed by atoms with Gasteiger partial charge in [-0.25, -0.2) is 9.88 Å². The predicted octanol–water partition coefficient (Wildman–Crippen LogP) is 1.99. The molecule has 10 heteroatoms. The third-order valence-electron chi connectivity index (χ3n) is 5.43. The number of aliphatic hydroxyl groups is 1. The Morgan fingerprint density at radius 1 is 1.48 bits per heavy atom. The first-order valence-corrected chi connectivity index (χ1v) is 11.1. The lowest BCUT2D eigenvalue weighted by atomic mass is 9.88. The van der Waals surface area contributed by atoms with Crippen LogP contribution in [-0.4, -0.2) is 57.4 Å². The van der Waals surface area contributed by atoms with Gasteiger partial charge in [0.15, 0.2) is 11.5 Å². The smallest absolute Gasteiger partial charge is 0.317 e. The molecule has 0 spiro atoms. The average molecular weight is 448 g/mol. The van der Waals surface area contributed by atoms with E-state index in [0.717, 1.165) is 22.6 Å². The Kier molecular flexibility index (Phi) is 6.93. The second-order valence-corrected chi connectivity index (χ2v) is 9.02. The number of nitrogens with two attached hydrogens (primary N) is 1. The minimum atomic E-state index is -1.06. The van der Waals surface area contributed by atoms with Gasteiger partial charge in [0.1, 0.15) is 5.41 Å². The molecule has 0 bridgehead atoms.